The van der Waals surface area contributed by atoms with E-state index in [-0.39, 0.29) is 11.8 Å². The summed E-state index contributed by atoms with van der Waals surface area (Å²) in [5, 5.41) is 7.45. The van der Waals surface area contributed by atoms with Crippen LogP contribution >= 0.6 is 0 Å². The van der Waals surface area contributed by atoms with Gasteiger partial charge < -0.3 is 20.9 Å². The number of hydrogen-bond acceptors (Lipinski definition) is 4. The molecule has 1 aromatic rings. The summed E-state index contributed by atoms with van der Waals surface area (Å²) in [6.07, 6.45) is 4.91. The molecule has 0 saturated carbocycles. The fourth-order valence-electron chi connectivity index (χ4n) is 3.93. The van der Waals surface area contributed by atoms with E-state index in [2.05, 4.69) is 17.0 Å². The summed E-state index contributed by atoms with van der Waals surface area (Å²) >= 11 is 0. The van der Waals surface area contributed by atoms with Gasteiger partial charge in [0.1, 0.15) is 0 Å². The SMILES string of the molecule is CC(C)C(=O)N1CCC(CN2CCc3cc(/C(C=N)=C/N)ccc32)C1. The zero-order valence-electron chi connectivity index (χ0n) is 15.2. The molecule has 3 N–H and O–H groups in total. The zero-order valence-corrected chi connectivity index (χ0v) is 15.2. The fraction of sp³-hybridized carbons (Fsp3) is 0.500. The van der Waals surface area contributed by atoms with E-state index in [1.807, 2.05) is 24.8 Å². The van der Waals surface area contributed by atoms with Crippen LogP contribution in [0.1, 0.15) is 31.4 Å². The van der Waals surface area contributed by atoms with Gasteiger partial charge in [-0.1, -0.05) is 19.9 Å². The van der Waals surface area contributed by atoms with E-state index in [0.29, 0.717) is 5.92 Å². The Bertz CT molecular complexity index is 695. The molecule has 0 aromatic heterocycles. The first-order valence-corrected chi connectivity index (χ1v) is 9.13. The van der Waals surface area contributed by atoms with E-state index in [0.717, 1.165) is 50.2 Å². The zero-order chi connectivity index (χ0) is 18.0. The van der Waals surface area contributed by atoms with Crippen LogP contribution in [0, 0.1) is 17.2 Å². The molecule has 1 aromatic carbocycles. The first-order valence-electron chi connectivity index (χ1n) is 9.13. The molecule has 2 aliphatic heterocycles. The molecule has 0 aliphatic carbocycles. The summed E-state index contributed by atoms with van der Waals surface area (Å²) < 4.78 is 0. The summed E-state index contributed by atoms with van der Waals surface area (Å²) in [6, 6.07) is 6.35. The maximum atomic E-state index is 12.2. The van der Waals surface area contributed by atoms with Gasteiger partial charge in [-0.2, -0.15) is 0 Å². The molecule has 5 heteroatoms. The quantitative estimate of drug-likeness (QED) is 0.809. The van der Waals surface area contributed by atoms with Crippen LogP contribution in [-0.2, 0) is 11.2 Å². The van der Waals surface area contributed by atoms with Crippen LogP contribution in [0.5, 0.6) is 0 Å². The highest BCUT2D eigenvalue weighted by Crippen LogP contribution is 2.32. The first kappa shape index (κ1) is 17.5. The minimum Gasteiger partial charge on any atom is -0.404 e. The Morgan fingerprint density at radius 3 is 2.88 bits per heavy atom. The smallest absolute Gasteiger partial charge is 0.225 e. The molecule has 1 unspecified atom stereocenters. The number of carbonyl (C=O) groups is 1. The Balaban J connectivity index is 1.66. The number of anilines is 1. The molecule has 1 fully saturated rings. The van der Waals surface area contributed by atoms with Crippen LogP contribution in [0.2, 0.25) is 0 Å². The Labute approximate surface area is 150 Å². The third-order valence-corrected chi connectivity index (χ3v) is 5.31. The summed E-state index contributed by atoms with van der Waals surface area (Å²) in [5.74, 6) is 0.916. The van der Waals surface area contributed by atoms with Gasteiger partial charge in [0, 0.05) is 55.8 Å². The van der Waals surface area contributed by atoms with Crippen LogP contribution in [0.3, 0.4) is 0 Å². The van der Waals surface area contributed by atoms with Gasteiger partial charge in [-0.05, 0) is 42.0 Å². The lowest BCUT2D eigenvalue weighted by molar-refractivity contribution is -0.133. The van der Waals surface area contributed by atoms with Gasteiger partial charge in [0.05, 0.1) is 0 Å². The number of hydrogen-bond donors (Lipinski definition) is 2. The second-order valence-electron chi connectivity index (χ2n) is 7.40. The number of benzene rings is 1. The lowest BCUT2D eigenvalue weighted by Gasteiger charge is -2.24. The van der Waals surface area contributed by atoms with Crippen LogP contribution in [-0.4, -0.2) is 43.2 Å². The van der Waals surface area contributed by atoms with E-state index in [9.17, 15) is 4.79 Å². The Morgan fingerprint density at radius 2 is 2.20 bits per heavy atom. The van der Waals surface area contributed by atoms with Crippen molar-refractivity contribution in [3.05, 3.63) is 35.5 Å². The van der Waals surface area contributed by atoms with E-state index in [4.69, 9.17) is 11.1 Å². The van der Waals surface area contributed by atoms with E-state index in [1.165, 1.54) is 23.7 Å². The van der Waals surface area contributed by atoms with Crippen molar-refractivity contribution in [1.82, 2.24) is 4.90 Å². The van der Waals surface area contributed by atoms with E-state index < -0.39 is 0 Å². The Kier molecular flexibility index (Phi) is 5.11. The number of nitrogens with one attached hydrogen (secondary N) is 1. The standard InChI is InChI=1S/C20H28N4O/c1-14(2)20(25)24-7-5-15(13-24)12-23-8-6-17-9-16(3-4-19(17)23)18(10-21)11-22/h3-4,9-11,14-15,21H,5-8,12-13,22H2,1-2H3/b18-11+,21-10?. The van der Waals surface area contributed by atoms with Gasteiger partial charge in [-0.25, -0.2) is 0 Å². The van der Waals surface area contributed by atoms with Crippen molar-refractivity contribution < 1.29 is 4.79 Å². The van der Waals surface area contributed by atoms with Gasteiger partial charge in [-0.15, -0.1) is 0 Å². The lowest BCUT2D eigenvalue weighted by Crippen LogP contribution is -2.34. The summed E-state index contributed by atoms with van der Waals surface area (Å²) in [5.41, 5.74) is 9.97. The third-order valence-electron chi connectivity index (χ3n) is 5.31. The second-order valence-corrected chi connectivity index (χ2v) is 7.40. The van der Waals surface area contributed by atoms with Crippen molar-refractivity contribution in [2.24, 2.45) is 17.6 Å². The van der Waals surface area contributed by atoms with E-state index in [1.54, 1.807) is 0 Å². The molecule has 2 aliphatic rings. The van der Waals surface area contributed by atoms with Crippen molar-refractivity contribution in [3.8, 4) is 0 Å². The average Bonchev–Trinajstić information content (AvgIpc) is 3.23. The molecule has 5 nitrogen and oxygen atoms in total. The van der Waals surface area contributed by atoms with E-state index >= 15 is 0 Å². The Hall–Kier alpha value is -2.30. The van der Waals surface area contributed by atoms with Gasteiger partial charge >= 0.3 is 0 Å². The van der Waals surface area contributed by atoms with Gasteiger partial charge in [0.15, 0.2) is 0 Å². The number of rotatable bonds is 5. The van der Waals surface area contributed by atoms with Gasteiger partial charge in [-0.3, -0.25) is 4.79 Å². The summed E-state index contributed by atoms with van der Waals surface area (Å²) in [6.45, 7) is 7.77. The molecule has 25 heavy (non-hydrogen) atoms. The second kappa shape index (κ2) is 7.30. The predicted octanol–water partition coefficient (Wildman–Crippen LogP) is 2.50. The highest BCUT2D eigenvalue weighted by molar-refractivity contribution is 6.08. The molecule has 0 radical (unpaired) electrons. The molecule has 1 amide bonds. The maximum Gasteiger partial charge on any atom is 0.225 e. The largest absolute Gasteiger partial charge is 0.404 e. The number of nitrogens with two attached hydrogens (primary N) is 1. The van der Waals surface area contributed by atoms with Crippen molar-refractivity contribution >= 4 is 23.4 Å². The third kappa shape index (κ3) is 3.55. The molecular formula is C20H28N4O. The average molecular weight is 340 g/mol. The molecule has 1 atom stereocenters. The van der Waals surface area contributed by atoms with Crippen LogP contribution < -0.4 is 10.6 Å². The molecule has 134 valence electrons. The number of amides is 1. The number of fused-ring (bicyclic) bond motifs is 1. The monoisotopic (exact) mass is 340 g/mol. The number of likely N-dealkylation sites (tertiary alicyclic amines) is 1. The molecular weight excluding hydrogens is 312 g/mol. The van der Waals surface area contributed by atoms with Crippen LogP contribution in [0.4, 0.5) is 5.69 Å². The van der Waals surface area contributed by atoms with Gasteiger partial charge in [0.25, 0.3) is 0 Å². The van der Waals surface area contributed by atoms with Crippen LogP contribution in [0.15, 0.2) is 24.4 Å². The maximum absolute atomic E-state index is 12.2. The molecule has 0 bridgehead atoms. The van der Waals surface area contributed by atoms with Crippen molar-refractivity contribution in [3.63, 3.8) is 0 Å². The number of allylic oxidation sites excluding steroid dienone is 1. The predicted molar refractivity (Wildman–Crippen MR) is 103 cm³/mol. The summed E-state index contributed by atoms with van der Waals surface area (Å²) in [7, 11) is 0. The minimum atomic E-state index is 0.0864. The van der Waals surface area contributed by atoms with Crippen molar-refractivity contribution in [1.29, 1.82) is 5.41 Å². The molecule has 3 rings (SSSR count). The van der Waals surface area contributed by atoms with Crippen molar-refractivity contribution in [2.45, 2.75) is 26.7 Å². The number of carbonyl (C=O) groups excluding carboxylic acids is 1. The highest BCUT2D eigenvalue weighted by Gasteiger charge is 2.30. The highest BCUT2D eigenvalue weighted by atomic mass is 16.2. The normalized spacial score (nSPS) is 20.3. The first-order chi connectivity index (χ1) is 12.0. The fourth-order valence-corrected chi connectivity index (χ4v) is 3.93. The Morgan fingerprint density at radius 1 is 1.40 bits per heavy atom. The van der Waals surface area contributed by atoms with Crippen LogP contribution in [0.25, 0.3) is 5.57 Å². The summed E-state index contributed by atoms with van der Waals surface area (Å²) in [4.78, 5) is 16.6. The van der Waals surface area contributed by atoms with Crippen molar-refractivity contribution in [2.75, 3.05) is 31.1 Å². The molecule has 1 saturated heterocycles. The lowest BCUT2D eigenvalue weighted by atomic mass is 10.0. The van der Waals surface area contributed by atoms with Gasteiger partial charge in [0.2, 0.25) is 5.91 Å². The molecule has 0 spiro atoms. The number of nitrogens with zero attached hydrogens (tertiary/aromatic N) is 2. The minimum absolute atomic E-state index is 0.0864. The topological polar surface area (TPSA) is 73.4 Å². The molecule has 2 heterocycles.